The topological polar surface area (TPSA) is 118 Å². The number of pyridine rings is 1. The number of rotatable bonds is 6. The molecular weight excluding hydrogens is 368 g/mol. The second-order valence-electron chi connectivity index (χ2n) is 6.59. The van der Waals surface area contributed by atoms with Gasteiger partial charge in [0.1, 0.15) is 0 Å². The Morgan fingerprint density at radius 1 is 1.17 bits per heavy atom. The van der Waals surface area contributed by atoms with Crippen LogP contribution in [0.3, 0.4) is 0 Å². The van der Waals surface area contributed by atoms with Gasteiger partial charge in [-0.3, -0.25) is 9.78 Å². The molecule has 8 heteroatoms. The van der Waals surface area contributed by atoms with Crippen LogP contribution in [0.2, 0.25) is 0 Å². The molecule has 29 heavy (non-hydrogen) atoms. The Morgan fingerprint density at radius 2 is 2.00 bits per heavy atom. The lowest BCUT2D eigenvalue weighted by atomic mass is 10.1. The fraction of sp³-hybridized carbons (Fsp3) is 0.143. The van der Waals surface area contributed by atoms with Gasteiger partial charge >= 0.3 is 0 Å². The number of carbonyl (C=O) groups excluding carboxylic acids is 1. The average molecular weight is 388 g/mol. The molecule has 146 valence electrons. The van der Waals surface area contributed by atoms with Crippen molar-refractivity contribution in [1.29, 1.82) is 0 Å². The third kappa shape index (κ3) is 3.98. The molecule has 0 radical (unpaired) electrons. The predicted molar refractivity (Wildman–Crippen MR) is 109 cm³/mol. The van der Waals surface area contributed by atoms with Crippen molar-refractivity contribution in [2.24, 2.45) is 5.73 Å². The Labute approximate surface area is 167 Å². The summed E-state index contributed by atoms with van der Waals surface area (Å²) in [6, 6.07) is 14.6. The van der Waals surface area contributed by atoms with Gasteiger partial charge in [0.05, 0.1) is 29.8 Å². The smallest absolute Gasteiger partial charge is 0.251 e. The van der Waals surface area contributed by atoms with Crippen molar-refractivity contribution >= 4 is 11.6 Å². The molecule has 0 aliphatic carbocycles. The molecule has 1 aromatic carbocycles. The number of aromatic nitrogens is 4. The van der Waals surface area contributed by atoms with Crippen LogP contribution in [0.4, 0.5) is 0 Å². The number of nitrogens with two attached hydrogens (primary N) is 1. The van der Waals surface area contributed by atoms with E-state index in [4.69, 9.17) is 15.8 Å². The fourth-order valence-corrected chi connectivity index (χ4v) is 2.93. The number of aliphatic hydroxyl groups is 1. The third-order valence-electron chi connectivity index (χ3n) is 4.50. The van der Waals surface area contributed by atoms with Crippen molar-refractivity contribution in [3.63, 3.8) is 0 Å². The van der Waals surface area contributed by atoms with Gasteiger partial charge in [0.25, 0.3) is 5.91 Å². The molecule has 8 nitrogen and oxygen atoms in total. The standard InChI is InChI=1S/C21H20N6O2/c22-16(13-28)11-24-21(29)15-6-8-23-19(10-15)17-12-25-27-9-7-18(26-20(17)27)14-4-2-1-3-5-14/h1-10,12,16,28H,11,13,22H2,(H,24,29)/t16-/m1/s1. The van der Waals surface area contributed by atoms with Crippen molar-refractivity contribution in [2.75, 3.05) is 13.2 Å². The summed E-state index contributed by atoms with van der Waals surface area (Å²) in [5.74, 6) is -0.285. The molecule has 1 amide bonds. The van der Waals surface area contributed by atoms with E-state index in [1.54, 1.807) is 29.0 Å². The summed E-state index contributed by atoms with van der Waals surface area (Å²) in [5, 5.41) is 16.0. The van der Waals surface area contributed by atoms with Gasteiger partial charge < -0.3 is 16.2 Å². The molecule has 0 unspecified atom stereocenters. The molecule has 4 aromatic rings. The number of amides is 1. The van der Waals surface area contributed by atoms with Crippen LogP contribution < -0.4 is 11.1 Å². The van der Waals surface area contributed by atoms with Crippen molar-refractivity contribution in [3.8, 4) is 22.5 Å². The maximum absolute atomic E-state index is 12.4. The van der Waals surface area contributed by atoms with Crippen LogP contribution in [0.5, 0.6) is 0 Å². The van der Waals surface area contributed by atoms with E-state index >= 15 is 0 Å². The highest BCUT2D eigenvalue weighted by Gasteiger charge is 2.14. The SMILES string of the molecule is N[C@@H](CO)CNC(=O)c1ccnc(-c2cnn3ccc(-c4ccccc4)nc23)c1. The summed E-state index contributed by atoms with van der Waals surface area (Å²) in [6.45, 7) is -0.00855. The van der Waals surface area contributed by atoms with Crippen LogP contribution in [0.15, 0.2) is 67.1 Å². The van der Waals surface area contributed by atoms with Crippen LogP contribution in [0.25, 0.3) is 28.2 Å². The normalized spacial score (nSPS) is 12.1. The summed E-state index contributed by atoms with van der Waals surface area (Å²) in [4.78, 5) is 21.5. The number of carbonyl (C=O) groups is 1. The van der Waals surface area contributed by atoms with Crippen molar-refractivity contribution in [3.05, 3.63) is 72.7 Å². The number of nitrogens with one attached hydrogen (secondary N) is 1. The Bertz CT molecular complexity index is 1140. The van der Waals surface area contributed by atoms with Crippen LogP contribution in [0.1, 0.15) is 10.4 Å². The minimum atomic E-state index is -0.500. The van der Waals surface area contributed by atoms with Gasteiger partial charge in [-0.15, -0.1) is 0 Å². The van der Waals surface area contributed by atoms with Crippen LogP contribution >= 0.6 is 0 Å². The number of benzene rings is 1. The molecule has 3 heterocycles. The third-order valence-corrected chi connectivity index (χ3v) is 4.50. The van der Waals surface area contributed by atoms with Gasteiger partial charge in [0, 0.05) is 36.1 Å². The molecule has 0 bridgehead atoms. The van der Waals surface area contributed by atoms with Crippen LogP contribution in [-0.4, -0.2) is 49.8 Å². The number of aliphatic hydroxyl groups excluding tert-OH is 1. The molecule has 0 aliphatic heterocycles. The van der Waals surface area contributed by atoms with Crippen molar-refractivity contribution in [1.82, 2.24) is 24.9 Å². The maximum Gasteiger partial charge on any atom is 0.251 e. The lowest BCUT2D eigenvalue weighted by molar-refractivity contribution is 0.0948. The van der Waals surface area contributed by atoms with E-state index in [2.05, 4.69) is 15.4 Å². The second-order valence-corrected chi connectivity index (χ2v) is 6.59. The van der Waals surface area contributed by atoms with Crippen LogP contribution in [0, 0.1) is 0 Å². The van der Waals surface area contributed by atoms with Gasteiger partial charge in [-0.05, 0) is 18.2 Å². The van der Waals surface area contributed by atoms with Crippen molar-refractivity contribution in [2.45, 2.75) is 6.04 Å². The number of hydrogen-bond acceptors (Lipinski definition) is 6. The first kappa shape index (κ1) is 18.7. The van der Waals surface area contributed by atoms with E-state index < -0.39 is 6.04 Å². The highest BCUT2D eigenvalue weighted by molar-refractivity contribution is 5.95. The lowest BCUT2D eigenvalue weighted by Gasteiger charge is -2.10. The van der Waals surface area contributed by atoms with E-state index in [0.717, 1.165) is 16.8 Å². The molecule has 0 saturated carbocycles. The first-order chi connectivity index (χ1) is 14.2. The summed E-state index contributed by atoms with van der Waals surface area (Å²) < 4.78 is 1.68. The van der Waals surface area contributed by atoms with Gasteiger partial charge in [-0.25, -0.2) is 9.50 Å². The molecular formula is C21H20N6O2. The summed E-state index contributed by atoms with van der Waals surface area (Å²) in [7, 11) is 0. The van der Waals surface area contributed by atoms with E-state index in [1.807, 2.05) is 42.6 Å². The minimum Gasteiger partial charge on any atom is -0.395 e. The zero-order valence-corrected chi connectivity index (χ0v) is 15.6. The first-order valence-corrected chi connectivity index (χ1v) is 9.16. The number of fused-ring (bicyclic) bond motifs is 1. The molecule has 0 aliphatic rings. The zero-order chi connectivity index (χ0) is 20.2. The van der Waals surface area contributed by atoms with Gasteiger partial charge in [0.2, 0.25) is 0 Å². The predicted octanol–water partition coefficient (Wildman–Crippen LogP) is 1.51. The summed E-state index contributed by atoms with van der Waals surface area (Å²) >= 11 is 0. The Morgan fingerprint density at radius 3 is 2.79 bits per heavy atom. The zero-order valence-electron chi connectivity index (χ0n) is 15.6. The average Bonchev–Trinajstić information content (AvgIpc) is 3.21. The monoisotopic (exact) mass is 388 g/mol. The largest absolute Gasteiger partial charge is 0.395 e. The summed E-state index contributed by atoms with van der Waals surface area (Å²) in [6.07, 6.45) is 5.10. The molecule has 1 atom stereocenters. The van der Waals surface area contributed by atoms with E-state index in [1.165, 1.54) is 0 Å². The highest BCUT2D eigenvalue weighted by Crippen LogP contribution is 2.24. The molecule has 4 rings (SSSR count). The number of hydrogen-bond donors (Lipinski definition) is 3. The van der Waals surface area contributed by atoms with Crippen molar-refractivity contribution < 1.29 is 9.90 Å². The van der Waals surface area contributed by atoms with Crippen LogP contribution in [-0.2, 0) is 0 Å². The quantitative estimate of drug-likeness (QED) is 0.461. The van der Waals surface area contributed by atoms with Gasteiger partial charge in [-0.2, -0.15) is 5.10 Å². The van der Waals surface area contributed by atoms with E-state index in [9.17, 15) is 4.79 Å². The van der Waals surface area contributed by atoms with Gasteiger partial charge in [-0.1, -0.05) is 30.3 Å². The molecule has 0 fully saturated rings. The Kier molecular flexibility index (Phi) is 5.28. The number of nitrogens with zero attached hydrogens (tertiary/aromatic N) is 4. The second kappa shape index (κ2) is 8.17. The van der Waals surface area contributed by atoms with E-state index in [-0.39, 0.29) is 19.1 Å². The molecule has 0 saturated heterocycles. The summed E-state index contributed by atoms with van der Waals surface area (Å²) in [5.41, 5.74) is 9.88. The molecule has 3 aromatic heterocycles. The Balaban J connectivity index is 1.67. The minimum absolute atomic E-state index is 0.186. The Hall–Kier alpha value is -3.62. The van der Waals surface area contributed by atoms with E-state index in [0.29, 0.717) is 16.9 Å². The fourth-order valence-electron chi connectivity index (χ4n) is 2.93. The molecule has 4 N–H and O–H groups in total. The maximum atomic E-state index is 12.4. The van der Waals surface area contributed by atoms with Gasteiger partial charge in [0.15, 0.2) is 5.65 Å². The molecule has 0 spiro atoms. The lowest BCUT2D eigenvalue weighted by Crippen LogP contribution is -2.39. The highest BCUT2D eigenvalue weighted by atomic mass is 16.3. The first-order valence-electron chi connectivity index (χ1n) is 9.16.